The molecule has 4 nitrogen and oxygen atoms in total. The van der Waals surface area contributed by atoms with Gasteiger partial charge < -0.3 is 15.1 Å². The molecule has 144 valence electrons. The fourth-order valence-corrected chi connectivity index (χ4v) is 3.86. The summed E-state index contributed by atoms with van der Waals surface area (Å²) in [7, 11) is 0. The molecule has 1 aliphatic rings. The van der Waals surface area contributed by atoms with Crippen LogP contribution in [0.2, 0.25) is 0 Å². The number of nitrogens with zero attached hydrogens (tertiary/aromatic N) is 3. The summed E-state index contributed by atoms with van der Waals surface area (Å²) in [5.41, 5.74) is 5.18. The lowest BCUT2D eigenvalue weighted by Crippen LogP contribution is -2.50. The van der Waals surface area contributed by atoms with Crippen LogP contribution < -0.4 is 10.2 Å². The zero-order chi connectivity index (χ0) is 20.1. The number of anilines is 2. The molecule has 1 saturated heterocycles. The fourth-order valence-electron chi connectivity index (χ4n) is 3.57. The summed E-state index contributed by atoms with van der Waals surface area (Å²) in [5, 5.41) is 13.2. The summed E-state index contributed by atoms with van der Waals surface area (Å²) in [6.45, 7) is 3.51. The third-order valence-electron chi connectivity index (χ3n) is 5.18. The normalized spacial score (nSPS) is 13.6. The summed E-state index contributed by atoms with van der Waals surface area (Å²) in [6.07, 6.45) is 0. The number of hydrogen-bond donors (Lipinski definition) is 1. The van der Waals surface area contributed by atoms with Crippen molar-refractivity contribution >= 4 is 28.7 Å². The number of benzene rings is 3. The highest BCUT2D eigenvalue weighted by Crippen LogP contribution is 2.28. The van der Waals surface area contributed by atoms with Crippen LogP contribution >= 0.6 is 12.2 Å². The van der Waals surface area contributed by atoms with Gasteiger partial charge in [0, 0.05) is 43.1 Å². The average Bonchev–Trinajstić information content (AvgIpc) is 2.80. The summed E-state index contributed by atoms with van der Waals surface area (Å²) in [5.74, 6) is 0. The molecular formula is C24H22N4S. The lowest BCUT2D eigenvalue weighted by Gasteiger charge is -2.37. The predicted molar refractivity (Wildman–Crippen MR) is 123 cm³/mol. The second-order valence-electron chi connectivity index (χ2n) is 6.97. The lowest BCUT2D eigenvalue weighted by molar-refractivity contribution is 0.391. The van der Waals surface area contributed by atoms with Crippen LogP contribution in [0.3, 0.4) is 0 Å². The molecule has 0 amide bonds. The van der Waals surface area contributed by atoms with Gasteiger partial charge in [-0.15, -0.1) is 0 Å². The van der Waals surface area contributed by atoms with E-state index in [1.54, 1.807) is 0 Å². The van der Waals surface area contributed by atoms with Crippen LogP contribution in [-0.2, 0) is 0 Å². The first-order valence-electron chi connectivity index (χ1n) is 9.70. The average molecular weight is 399 g/mol. The van der Waals surface area contributed by atoms with Crippen molar-refractivity contribution in [1.82, 2.24) is 4.90 Å². The number of para-hydroxylation sites is 1. The molecule has 5 heteroatoms. The maximum atomic E-state index is 8.96. The van der Waals surface area contributed by atoms with Crippen LogP contribution in [0.15, 0.2) is 78.9 Å². The van der Waals surface area contributed by atoms with E-state index in [1.807, 2.05) is 54.6 Å². The van der Waals surface area contributed by atoms with Gasteiger partial charge in [-0.05, 0) is 48.1 Å². The number of nitrogens with one attached hydrogen (secondary N) is 1. The summed E-state index contributed by atoms with van der Waals surface area (Å²) in [4.78, 5) is 4.55. The molecule has 0 bridgehead atoms. The molecule has 1 aliphatic heterocycles. The maximum Gasteiger partial charge on any atom is 0.173 e. The minimum Gasteiger partial charge on any atom is -0.368 e. The van der Waals surface area contributed by atoms with E-state index in [-0.39, 0.29) is 0 Å². The van der Waals surface area contributed by atoms with Crippen molar-refractivity contribution in [2.24, 2.45) is 0 Å². The van der Waals surface area contributed by atoms with Crippen LogP contribution in [-0.4, -0.2) is 36.2 Å². The molecule has 0 aliphatic carbocycles. The smallest absolute Gasteiger partial charge is 0.173 e. The third-order valence-corrected chi connectivity index (χ3v) is 5.54. The van der Waals surface area contributed by atoms with Crippen LogP contribution in [0.1, 0.15) is 5.56 Å². The Balaban J connectivity index is 1.40. The SMILES string of the molecule is N#Cc1ccc(N2CCN(C(=S)Nc3ccccc3-c3ccccc3)CC2)cc1. The largest absolute Gasteiger partial charge is 0.368 e. The van der Waals surface area contributed by atoms with Gasteiger partial charge >= 0.3 is 0 Å². The zero-order valence-corrected chi connectivity index (χ0v) is 16.9. The molecule has 3 aromatic carbocycles. The topological polar surface area (TPSA) is 42.3 Å². The van der Waals surface area contributed by atoms with Gasteiger partial charge in [-0.25, -0.2) is 0 Å². The van der Waals surface area contributed by atoms with Crippen LogP contribution in [0.25, 0.3) is 11.1 Å². The number of hydrogen-bond acceptors (Lipinski definition) is 3. The highest BCUT2D eigenvalue weighted by molar-refractivity contribution is 7.80. The molecular weight excluding hydrogens is 376 g/mol. The Bertz CT molecular complexity index is 1020. The Morgan fingerprint density at radius 1 is 0.828 bits per heavy atom. The zero-order valence-electron chi connectivity index (χ0n) is 16.1. The quantitative estimate of drug-likeness (QED) is 0.645. The fraction of sp³-hybridized carbons (Fsp3) is 0.167. The number of piperazine rings is 1. The van der Waals surface area contributed by atoms with Gasteiger partial charge in [-0.2, -0.15) is 5.26 Å². The van der Waals surface area contributed by atoms with E-state index in [9.17, 15) is 0 Å². The first-order valence-corrected chi connectivity index (χ1v) is 10.1. The second kappa shape index (κ2) is 8.76. The molecule has 0 spiro atoms. The van der Waals surface area contributed by atoms with Gasteiger partial charge in [0.25, 0.3) is 0 Å². The van der Waals surface area contributed by atoms with E-state index in [4.69, 9.17) is 17.5 Å². The summed E-state index contributed by atoms with van der Waals surface area (Å²) < 4.78 is 0. The highest BCUT2D eigenvalue weighted by atomic mass is 32.1. The second-order valence-corrected chi connectivity index (χ2v) is 7.36. The molecule has 0 aromatic heterocycles. The van der Waals surface area contributed by atoms with Gasteiger partial charge in [0.05, 0.1) is 11.6 Å². The Morgan fingerprint density at radius 2 is 1.48 bits per heavy atom. The van der Waals surface area contributed by atoms with Crippen molar-refractivity contribution in [3.8, 4) is 17.2 Å². The van der Waals surface area contributed by atoms with E-state index in [1.165, 1.54) is 5.56 Å². The number of nitriles is 1. The highest BCUT2D eigenvalue weighted by Gasteiger charge is 2.20. The van der Waals surface area contributed by atoms with Gasteiger partial charge in [-0.3, -0.25) is 0 Å². The standard InChI is InChI=1S/C24H22N4S/c25-18-19-10-12-21(13-11-19)27-14-16-28(17-15-27)24(29)26-23-9-5-4-8-22(23)20-6-2-1-3-7-20/h1-13H,14-17H2,(H,26,29). The van der Waals surface area contributed by atoms with Gasteiger partial charge in [-0.1, -0.05) is 48.5 Å². The minimum atomic E-state index is 0.690. The van der Waals surface area contributed by atoms with E-state index in [2.05, 4.69) is 45.5 Å². The molecule has 3 aromatic rings. The van der Waals surface area contributed by atoms with Crippen molar-refractivity contribution in [2.45, 2.75) is 0 Å². The third kappa shape index (κ3) is 4.39. The van der Waals surface area contributed by atoms with Crippen molar-refractivity contribution < 1.29 is 0 Å². The molecule has 29 heavy (non-hydrogen) atoms. The lowest BCUT2D eigenvalue weighted by atomic mass is 10.0. The molecule has 1 fully saturated rings. The monoisotopic (exact) mass is 398 g/mol. The molecule has 1 heterocycles. The van der Waals surface area contributed by atoms with Gasteiger partial charge in [0.1, 0.15) is 0 Å². The van der Waals surface area contributed by atoms with Crippen molar-refractivity contribution in [3.63, 3.8) is 0 Å². The van der Waals surface area contributed by atoms with Crippen molar-refractivity contribution in [2.75, 3.05) is 36.4 Å². The van der Waals surface area contributed by atoms with Crippen molar-refractivity contribution in [1.29, 1.82) is 5.26 Å². The molecule has 4 rings (SSSR count). The Kier molecular flexibility index (Phi) is 5.73. The van der Waals surface area contributed by atoms with Crippen LogP contribution in [0.5, 0.6) is 0 Å². The summed E-state index contributed by atoms with van der Waals surface area (Å²) >= 11 is 5.71. The predicted octanol–water partition coefficient (Wildman–Crippen LogP) is 4.74. The maximum absolute atomic E-state index is 8.96. The molecule has 0 saturated carbocycles. The minimum absolute atomic E-state index is 0.690. The van der Waals surface area contributed by atoms with Crippen LogP contribution in [0.4, 0.5) is 11.4 Å². The summed E-state index contributed by atoms with van der Waals surface area (Å²) in [6, 6.07) is 28.5. The Hall–Kier alpha value is -3.36. The first-order chi connectivity index (χ1) is 14.2. The van der Waals surface area contributed by atoms with E-state index >= 15 is 0 Å². The number of thiocarbonyl (C=S) groups is 1. The van der Waals surface area contributed by atoms with Gasteiger partial charge in [0.15, 0.2) is 5.11 Å². The molecule has 0 radical (unpaired) electrons. The Morgan fingerprint density at radius 3 is 2.17 bits per heavy atom. The molecule has 1 N–H and O–H groups in total. The van der Waals surface area contributed by atoms with Crippen LogP contribution in [0, 0.1) is 11.3 Å². The molecule has 0 atom stereocenters. The first kappa shape index (κ1) is 19.0. The molecule has 0 unspecified atom stereocenters. The van der Waals surface area contributed by atoms with E-state index in [0.717, 1.165) is 48.2 Å². The number of rotatable bonds is 3. The van der Waals surface area contributed by atoms with Gasteiger partial charge in [0.2, 0.25) is 0 Å². The van der Waals surface area contributed by atoms with Crippen molar-refractivity contribution in [3.05, 3.63) is 84.4 Å². The van der Waals surface area contributed by atoms with E-state index in [0.29, 0.717) is 5.56 Å². The van der Waals surface area contributed by atoms with E-state index < -0.39 is 0 Å². The Labute approximate surface area is 177 Å².